The monoisotopic (exact) mass is 429 g/mol. The van der Waals surface area contributed by atoms with Gasteiger partial charge in [0.2, 0.25) is 0 Å². The predicted octanol–water partition coefficient (Wildman–Crippen LogP) is 2.90. The van der Waals surface area contributed by atoms with Gasteiger partial charge in [0, 0.05) is 31.5 Å². The standard InChI is InChI=1S/C21H27N5O3S/c1-16-22-15-18(21(27)24-17-9-3-2-4-10-17)20(23-16)19-11-5-6-14-26(19)30(28,29)25-12-7-8-13-25/h2-4,9-10,15,19H,5-8,11-14H2,1H3,(H,24,27)/t19-/m0/s1. The van der Waals surface area contributed by atoms with E-state index in [0.29, 0.717) is 48.8 Å². The van der Waals surface area contributed by atoms with Crippen LogP contribution in [0, 0.1) is 6.92 Å². The van der Waals surface area contributed by atoms with Crippen LogP contribution in [0.3, 0.4) is 0 Å². The molecule has 0 spiro atoms. The molecule has 2 saturated heterocycles. The zero-order valence-electron chi connectivity index (χ0n) is 17.1. The summed E-state index contributed by atoms with van der Waals surface area (Å²) in [6.45, 7) is 3.29. The molecule has 1 atom stereocenters. The number of para-hydroxylation sites is 1. The van der Waals surface area contributed by atoms with Crippen molar-refractivity contribution >= 4 is 21.8 Å². The van der Waals surface area contributed by atoms with Crippen LogP contribution < -0.4 is 5.32 Å². The number of anilines is 1. The van der Waals surface area contributed by atoms with Gasteiger partial charge < -0.3 is 5.32 Å². The molecule has 2 fully saturated rings. The Morgan fingerprint density at radius 2 is 1.77 bits per heavy atom. The third-order valence-electron chi connectivity index (χ3n) is 5.67. The van der Waals surface area contributed by atoms with E-state index in [9.17, 15) is 13.2 Å². The van der Waals surface area contributed by atoms with Crippen molar-refractivity contribution in [3.05, 3.63) is 53.6 Å². The fraction of sp³-hybridized carbons (Fsp3) is 0.476. The highest BCUT2D eigenvalue weighted by Gasteiger charge is 2.40. The van der Waals surface area contributed by atoms with Crippen LogP contribution in [-0.4, -0.2) is 52.5 Å². The Hall–Kier alpha value is -2.36. The first-order valence-electron chi connectivity index (χ1n) is 10.4. The first-order valence-corrected chi connectivity index (χ1v) is 11.8. The van der Waals surface area contributed by atoms with Crippen molar-refractivity contribution in [1.29, 1.82) is 0 Å². The van der Waals surface area contributed by atoms with Crippen LogP contribution in [0.4, 0.5) is 5.69 Å². The first kappa shape index (κ1) is 20.9. The van der Waals surface area contributed by atoms with Crippen LogP contribution >= 0.6 is 0 Å². The average Bonchev–Trinajstić information content (AvgIpc) is 3.30. The van der Waals surface area contributed by atoms with Gasteiger partial charge in [0.15, 0.2) is 0 Å². The Balaban J connectivity index is 1.69. The summed E-state index contributed by atoms with van der Waals surface area (Å²) in [5, 5.41) is 2.87. The number of carbonyl (C=O) groups excluding carboxylic acids is 1. The quantitative estimate of drug-likeness (QED) is 0.788. The molecule has 160 valence electrons. The highest BCUT2D eigenvalue weighted by atomic mass is 32.2. The van der Waals surface area contributed by atoms with Gasteiger partial charge in [0.1, 0.15) is 5.82 Å². The number of hydrogen-bond acceptors (Lipinski definition) is 5. The molecule has 0 aliphatic carbocycles. The van der Waals surface area contributed by atoms with Crippen LogP contribution in [-0.2, 0) is 10.2 Å². The average molecular weight is 430 g/mol. The molecule has 0 saturated carbocycles. The summed E-state index contributed by atoms with van der Waals surface area (Å²) in [7, 11) is -3.60. The summed E-state index contributed by atoms with van der Waals surface area (Å²) in [6, 6.07) is 8.69. The van der Waals surface area contributed by atoms with Gasteiger partial charge in [-0.1, -0.05) is 24.6 Å². The summed E-state index contributed by atoms with van der Waals surface area (Å²) in [6.07, 6.45) is 5.60. The molecule has 4 rings (SSSR count). The van der Waals surface area contributed by atoms with E-state index in [1.807, 2.05) is 18.2 Å². The minimum Gasteiger partial charge on any atom is -0.322 e. The molecule has 2 aromatic rings. The van der Waals surface area contributed by atoms with E-state index < -0.39 is 16.3 Å². The first-order chi connectivity index (χ1) is 14.5. The molecule has 0 unspecified atom stereocenters. The molecule has 1 N–H and O–H groups in total. The van der Waals surface area contributed by atoms with E-state index >= 15 is 0 Å². The third-order valence-corrected chi connectivity index (χ3v) is 7.72. The van der Waals surface area contributed by atoms with Crippen molar-refractivity contribution in [2.24, 2.45) is 0 Å². The third kappa shape index (κ3) is 4.23. The molecule has 9 heteroatoms. The summed E-state index contributed by atoms with van der Waals surface area (Å²) < 4.78 is 29.8. The lowest BCUT2D eigenvalue weighted by Gasteiger charge is -2.37. The summed E-state index contributed by atoms with van der Waals surface area (Å²) in [4.78, 5) is 21.8. The van der Waals surface area contributed by atoms with Crippen molar-refractivity contribution in [2.45, 2.75) is 45.1 Å². The summed E-state index contributed by atoms with van der Waals surface area (Å²) in [5.41, 5.74) is 1.47. The number of nitrogens with one attached hydrogen (secondary N) is 1. The van der Waals surface area contributed by atoms with Gasteiger partial charge in [0.25, 0.3) is 16.1 Å². The topological polar surface area (TPSA) is 95.5 Å². The molecule has 1 aromatic carbocycles. The second-order valence-corrected chi connectivity index (χ2v) is 9.65. The molecule has 1 aromatic heterocycles. The maximum atomic E-state index is 13.3. The molecule has 30 heavy (non-hydrogen) atoms. The Morgan fingerprint density at radius 1 is 1.07 bits per heavy atom. The van der Waals surface area contributed by atoms with Crippen LogP contribution in [0.25, 0.3) is 0 Å². The molecule has 0 radical (unpaired) electrons. The molecule has 0 bridgehead atoms. The minimum atomic E-state index is -3.60. The Morgan fingerprint density at radius 3 is 2.50 bits per heavy atom. The number of hydrogen-bond donors (Lipinski definition) is 1. The molecular weight excluding hydrogens is 402 g/mol. The van der Waals surface area contributed by atoms with Gasteiger partial charge in [-0.05, 0) is 44.7 Å². The van der Waals surface area contributed by atoms with Crippen LogP contribution in [0.1, 0.15) is 60.0 Å². The maximum absolute atomic E-state index is 13.3. The van der Waals surface area contributed by atoms with Gasteiger partial charge in [-0.2, -0.15) is 17.0 Å². The van der Waals surface area contributed by atoms with Crippen molar-refractivity contribution in [3.8, 4) is 0 Å². The number of aromatic nitrogens is 2. The zero-order chi connectivity index (χ0) is 21.1. The highest BCUT2D eigenvalue weighted by molar-refractivity contribution is 7.86. The van der Waals surface area contributed by atoms with Gasteiger partial charge in [-0.15, -0.1) is 0 Å². The second kappa shape index (κ2) is 8.79. The van der Waals surface area contributed by atoms with E-state index in [-0.39, 0.29) is 5.91 Å². The normalized spacial score (nSPS) is 20.9. The number of amides is 1. The van der Waals surface area contributed by atoms with E-state index in [0.717, 1.165) is 25.7 Å². The van der Waals surface area contributed by atoms with Gasteiger partial charge >= 0.3 is 0 Å². The zero-order valence-corrected chi connectivity index (χ0v) is 17.9. The molecule has 2 aliphatic heterocycles. The lowest BCUT2D eigenvalue weighted by molar-refractivity contribution is 0.102. The molecule has 1 amide bonds. The molecular formula is C21H27N5O3S. The van der Waals surface area contributed by atoms with Crippen LogP contribution in [0.5, 0.6) is 0 Å². The van der Waals surface area contributed by atoms with Crippen molar-refractivity contribution < 1.29 is 13.2 Å². The number of rotatable bonds is 5. The fourth-order valence-corrected chi connectivity index (χ4v) is 6.06. The van der Waals surface area contributed by atoms with E-state index in [1.54, 1.807) is 27.7 Å². The van der Waals surface area contributed by atoms with E-state index in [2.05, 4.69) is 15.3 Å². The van der Waals surface area contributed by atoms with E-state index in [4.69, 9.17) is 0 Å². The maximum Gasteiger partial charge on any atom is 0.282 e. The van der Waals surface area contributed by atoms with Crippen LogP contribution in [0.15, 0.2) is 36.5 Å². The van der Waals surface area contributed by atoms with Crippen molar-refractivity contribution in [2.75, 3.05) is 25.0 Å². The number of aryl methyl sites for hydroxylation is 1. The van der Waals surface area contributed by atoms with Crippen LogP contribution in [0.2, 0.25) is 0 Å². The van der Waals surface area contributed by atoms with Crippen molar-refractivity contribution in [3.63, 3.8) is 0 Å². The SMILES string of the molecule is Cc1ncc(C(=O)Nc2ccccc2)c([C@@H]2CCCCN2S(=O)(=O)N2CCCC2)n1. The minimum absolute atomic E-state index is 0.318. The number of benzene rings is 1. The van der Waals surface area contributed by atoms with Crippen molar-refractivity contribution in [1.82, 2.24) is 18.6 Å². The van der Waals surface area contributed by atoms with Gasteiger partial charge in [-0.25, -0.2) is 9.97 Å². The Labute approximate surface area is 177 Å². The Bertz CT molecular complexity index is 1010. The lowest BCUT2D eigenvalue weighted by Crippen LogP contribution is -2.47. The summed E-state index contributed by atoms with van der Waals surface area (Å²) >= 11 is 0. The second-order valence-electron chi connectivity index (χ2n) is 7.77. The molecule has 2 aliphatic rings. The predicted molar refractivity (Wildman–Crippen MR) is 114 cm³/mol. The number of nitrogens with zero attached hydrogens (tertiary/aromatic N) is 4. The Kier molecular flexibility index (Phi) is 6.12. The number of carbonyl (C=O) groups is 1. The van der Waals surface area contributed by atoms with Gasteiger partial charge in [0.05, 0.1) is 17.3 Å². The largest absolute Gasteiger partial charge is 0.322 e. The lowest BCUT2D eigenvalue weighted by atomic mass is 9.98. The summed E-state index contributed by atoms with van der Waals surface area (Å²) in [5.74, 6) is 0.186. The van der Waals surface area contributed by atoms with Gasteiger partial charge in [-0.3, -0.25) is 4.79 Å². The smallest absolute Gasteiger partial charge is 0.282 e. The highest BCUT2D eigenvalue weighted by Crippen LogP contribution is 2.35. The van der Waals surface area contributed by atoms with E-state index in [1.165, 1.54) is 6.20 Å². The fourth-order valence-electron chi connectivity index (χ4n) is 4.16. The number of piperidine rings is 1. The molecule has 3 heterocycles. The molecule has 8 nitrogen and oxygen atoms in total.